The lowest BCUT2D eigenvalue weighted by Crippen LogP contribution is -2.25. The molecule has 0 bridgehead atoms. The third kappa shape index (κ3) is 5.28. The predicted molar refractivity (Wildman–Crippen MR) is 69.6 cm³/mol. The zero-order valence-electron chi connectivity index (χ0n) is 10.2. The molecule has 4 nitrogen and oxygen atoms in total. The highest BCUT2D eigenvalue weighted by Gasteiger charge is 2.09. The topological polar surface area (TPSA) is 62.5 Å². The van der Waals surface area contributed by atoms with E-state index in [2.05, 4.69) is 19.2 Å². The highest BCUT2D eigenvalue weighted by Crippen LogP contribution is 2.09. The van der Waals surface area contributed by atoms with Crippen molar-refractivity contribution in [3.63, 3.8) is 0 Å². The number of hydrogen-bond acceptors (Lipinski definition) is 4. The minimum atomic E-state index is -1.02. The lowest BCUT2D eigenvalue weighted by atomic mass is 10.2. The molecule has 1 aromatic heterocycles. The lowest BCUT2D eigenvalue weighted by Gasteiger charge is -2.11. The summed E-state index contributed by atoms with van der Waals surface area (Å²) < 4.78 is 5.15. The van der Waals surface area contributed by atoms with Crippen molar-refractivity contribution in [1.29, 1.82) is 0 Å². The second-order valence-corrected chi connectivity index (χ2v) is 5.23. The zero-order valence-corrected chi connectivity index (χ0v) is 11.0. The Hall–Kier alpha value is -0.940. The molecule has 0 aromatic carbocycles. The number of furan rings is 1. The average Bonchev–Trinajstić information content (AvgIpc) is 2.75. The monoisotopic (exact) mass is 257 g/mol. The molecule has 0 aliphatic carbocycles. The maximum Gasteiger partial charge on any atom is 0.371 e. The van der Waals surface area contributed by atoms with Crippen LogP contribution in [0, 0.1) is 0 Å². The van der Waals surface area contributed by atoms with Gasteiger partial charge in [-0.3, -0.25) is 0 Å². The van der Waals surface area contributed by atoms with Crippen molar-refractivity contribution in [1.82, 2.24) is 5.32 Å². The van der Waals surface area contributed by atoms with Crippen molar-refractivity contribution < 1.29 is 14.3 Å². The van der Waals surface area contributed by atoms with Crippen molar-refractivity contribution in [2.75, 3.05) is 11.5 Å². The van der Waals surface area contributed by atoms with Crippen LogP contribution >= 0.6 is 11.8 Å². The van der Waals surface area contributed by atoms with Crippen LogP contribution in [0.1, 0.15) is 36.6 Å². The largest absolute Gasteiger partial charge is 0.475 e. The molecule has 1 heterocycles. The molecule has 17 heavy (non-hydrogen) atoms. The summed E-state index contributed by atoms with van der Waals surface area (Å²) >= 11 is 1.92. The number of carboxylic acids is 1. The Kier molecular flexibility index (Phi) is 6.15. The van der Waals surface area contributed by atoms with Gasteiger partial charge < -0.3 is 14.8 Å². The standard InChI is InChI=1S/C12H19NO3S/c1-3-17-7-6-9(2)13-8-10-4-5-11(16-10)12(14)15/h4-5,9,13H,3,6-8H2,1-2H3,(H,14,15). The number of carboxylic acid groups (broad SMARTS) is 1. The van der Waals surface area contributed by atoms with Gasteiger partial charge in [-0.05, 0) is 37.0 Å². The van der Waals surface area contributed by atoms with Gasteiger partial charge in [0.05, 0.1) is 6.54 Å². The third-order valence-corrected chi connectivity index (χ3v) is 3.33. The molecule has 0 aliphatic heterocycles. The van der Waals surface area contributed by atoms with Gasteiger partial charge in [-0.1, -0.05) is 6.92 Å². The molecule has 1 aromatic rings. The van der Waals surface area contributed by atoms with Crippen LogP contribution in [0.5, 0.6) is 0 Å². The normalized spacial score (nSPS) is 12.6. The van der Waals surface area contributed by atoms with Gasteiger partial charge in [-0.2, -0.15) is 11.8 Å². The van der Waals surface area contributed by atoms with Gasteiger partial charge in [0.25, 0.3) is 0 Å². The van der Waals surface area contributed by atoms with Crippen LogP contribution in [-0.2, 0) is 6.54 Å². The van der Waals surface area contributed by atoms with Crippen LogP contribution in [0.3, 0.4) is 0 Å². The Labute approximate surface area is 106 Å². The summed E-state index contributed by atoms with van der Waals surface area (Å²) in [5, 5.41) is 12.0. The Morgan fingerprint density at radius 3 is 2.94 bits per heavy atom. The molecule has 0 spiro atoms. The molecule has 0 amide bonds. The maximum absolute atomic E-state index is 10.6. The molecule has 2 N–H and O–H groups in total. The van der Waals surface area contributed by atoms with E-state index in [0.717, 1.165) is 17.9 Å². The molecule has 1 unspecified atom stereocenters. The van der Waals surface area contributed by atoms with E-state index in [-0.39, 0.29) is 5.76 Å². The molecule has 1 rings (SSSR count). The van der Waals surface area contributed by atoms with Gasteiger partial charge in [-0.15, -0.1) is 0 Å². The van der Waals surface area contributed by atoms with E-state index >= 15 is 0 Å². The second kappa shape index (κ2) is 7.40. The van der Waals surface area contributed by atoms with E-state index in [0.29, 0.717) is 18.3 Å². The summed E-state index contributed by atoms with van der Waals surface area (Å²) in [6.45, 7) is 4.85. The van der Waals surface area contributed by atoms with Crippen LogP contribution in [0.25, 0.3) is 0 Å². The van der Waals surface area contributed by atoms with E-state index in [9.17, 15) is 4.79 Å². The van der Waals surface area contributed by atoms with Gasteiger partial charge in [-0.25, -0.2) is 4.79 Å². The quantitative estimate of drug-likeness (QED) is 0.701. The second-order valence-electron chi connectivity index (χ2n) is 3.84. The predicted octanol–water partition coefficient (Wildman–Crippen LogP) is 2.60. The fourth-order valence-corrected chi connectivity index (χ4v) is 2.18. The molecule has 1 atom stereocenters. The fourth-order valence-electron chi connectivity index (χ4n) is 1.37. The number of thioether (sulfide) groups is 1. The Bertz CT molecular complexity index is 351. The van der Waals surface area contributed by atoms with E-state index in [4.69, 9.17) is 9.52 Å². The van der Waals surface area contributed by atoms with Gasteiger partial charge in [0.2, 0.25) is 5.76 Å². The Morgan fingerprint density at radius 1 is 1.59 bits per heavy atom. The van der Waals surface area contributed by atoms with Crippen molar-refractivity contribution in [2.45, 2.75) is 32.9 Å². The molecule has 0 aliphatic rings. The number of aromatic carboxylic acids is 1. The first-order valence-electron chi connectivity index (χ1n) is 5.76. The average molecular weight is 257 g/mol. The molecule has 5 heteroatoms. The highest BCUT2D eigenvalue weighted by atomic mass is 32.2. The summed E-state index contributed by atoms with van der Waals surface area (Å²) in [4.78, 5) is 10.6. The maximum atomic E-state index is 10.6. The summed E-state index contributed by atoms with van der Waals surface area (Å²) in [6, 6.07) is 3.59. The zero-order chi connectivity index (χ0) is 12.7. The minimum absolute atomic E-state index is 0.00371. The molecule has 0 saturated heterocycles. The first-order chi connectivity index (χ1) is 8.13. The highest BCUT2D eigenvalue weighted by molar-refractivity contribution is 7.99. The fraction of sp³-hybridized carbons (Fsp3) is 0.583. The van der Waals surface area contributed by atoms with Gasteiger partial charge in [0.15, 0.2) is 0 Å². The number of rotatable bonds is 8. The molecular weight excluding hydrogens is 238 g/mol. The SMILES string of the molecule is CCSCCC(C)NCc1ccc(C(=O)O)o1. The van der Waals surface area contributed by atoms with Gasteiger partial charge in [0.1, 0.15) is 5.76 Å². The number of nitrogens with one attached hydrogen (secondary N) is 1. The van der Waals surface area contributed by atoms with Crippen molar-refractivity contribution in [2.24, 2.45) is 0 Å². The van der Waals surface area contributed by atoms with Crippen molar-refractivity contribution in [3.05, 3.63) is 23.7 Å². The smallest absolute Gasteiger partial charge is 0.371 e. The van der Waals surface area contributed by atoms with Crippen LogP contribution in [0.4, 0.5) is 0 Å². The van der Waals surface area contributed by atoms with E-state index in [1.54, 1.807) is 6.07 Å². The summed E-state index contributed by atoms with van der Waals surface area (Å²) in [6.07, 6.45) is 1.10. The first-order valence-corrected chi connectivity index (χ1v) is 6.92. The van der Waals surface area contributed by atoms with Crippen molar-refractivity contribution in [3.8, 4) is 0 Å². The third-order valence-electron chi connectivity index (χ3n) is 2.40. The Balaban J connectivity index is 2.26. The van der Waals surface area contributed by atoms with Crippen molar-refractivity contribution >= 4 is 17.7 Å². The van der Waals surface area contributed by atoms with Crippen LogP contribution in [-0.4, -0.2) is 28.6 Å². The number of hydrogen-bond donors (Lipinski definition) is 2. The number of carbonyl (C=O) groups is 1. The summed E-state index contributed by atoms with van der Waals surface area (Å²) in [5.74, 6) is 1.92. The van der Waals surface area contributed by atoms with Gasteiger partial charge in [0, 0.05) is 6.04 Å². The van der Waals surface area contributed by atoms with E-state index in [1.807, 2.05) is 11.8 Å². The molecule has 0 saturated carbocycles. The Morgan fingerprint density at radius 2 is 2.35 bits per heavy atom. The summed E-state index contributed by atoms with van der Waals surface area (Å²) in [5.41, 5.74) is 0. The van der Waals surface area contributed by atoms with E-state index < -0.39 is 5.97 Å². The van der Waals surface area contributed by atoms with Crippen LogP contribution < -0.4 is 5.32 Å². The first kappa shape index (κ1) is 14.1. The minimum Gasteiger partial charge on any atom is -0.475 e. The van der Waals surface area contributed by atoms with Gasteiger partial charge >= 0.3 is 5.97 Å². The molecular formula is C12H19NO3S. The van der Waals surface area contributed by atoms with Crippen LogP contribution in [0.15, 0.2) is 16.5 Å². The molecule has 0 fully saturated rings. The molecule has 0 radical (unpaired) electrons. The van der Waals surface area contributed by atoms with Crippen LogP contribution in [0.2, 0.25) is 0 Å². The van der Waals surface area contributed by atoms with E-state index in [1.165, 1.54) is 6.07 Å². The summed E-state index contributed by atoms with van der Waals surface area (Å²) in [7, 11) is 0. The lowest BCUT2D eigenvalue weighted by molar-refractivity contribution is 0.0660. The molecule has 96 valence electrons.